The highest BCUT2D eigenvalue weighted by Gasteiger charge is 2.23. The lowest BCUT2D eigenvalue weighted by Crippen LogP contribution is -2.29. The molecule has 3 rings (SSSR count). The normalized spacial score (nSPS) is 14.0. The molecule has 0 spiro atoms. The van der Waals surface area contributed by atoms with Gasteiger partial charge in [0.1, 0.15) is 16.2 Å². The Morgan fingerprint density at radius 1 is 1.53 bits per heavy atom. The van der Waals surface area contributed by atoms with E-state index in [9.17, 15) is 0 Å². The standard InChI is InChI=1S/C13H11ClN4S/c14-12-5-8(1-3-17-12)18-4-2-9-10(6-15)13(16)19-11(9)7-18/h1,3,5H,2,4,7,16H2. The summed E-state index contributed by atoms with van der Waals surface area (Å²) in [5.41, 5.74) is 8.71. The van der Waals surface area contributed by atoms with E-state index in [1.807, 2.05) is 12.1 Å². The van der Waals surface area contributed by atoms with Crippen molar-refractivity contribution in [1.29, 1.82) is 5.26 Å². The first kappa shape index (κ1) is 12.3. The molecule has 0 saturated carbocycles. The van der Waals surface area contributed by atoms with Gasteiger partial charge < -0.3 is 10.6 Å². The van der Waals surface area contributed by atoms with E-state index in [-0.39, 0.29) is 0 Å². The molecule has 2 N–H and O–H groups in total. The molecule has 4 nitrogen and oxygen atoms in total. The summed E-state index contributed by atoms with van der Waals surface area (Å²) in [5, 5.41) is 10.2. The number of hydrogen-bond acceptors (Lipinski definition) is 5. The van der Waals surface area contributed by atoms with Gasteiger partial charge in [-0.25, -0.2) is 4.98 Å². The molecule has 0 fully saturated rings. The number of nitriles is 1. The molecule has 0 amide bonds. The highest BCUT2D eigenvalue weighted by atomic mass is 35.5. The Morgan fingerprint density at radius 3 is 3.11 bits per heavy atom. The lowest BCUT2D eigenvalue weighted by atomic mass is 10.0. The van der Waals surface area contributed by atoms with E-state index in [0.717, 1.165) is 30.8 Å². The monoisotopic (exact) mass is 290 g/mol. The van der Waals surface area contributed by atoms with Gasteiger partial charge in [-0.1, -0.05) is 11.6 Å². The average Bonchev–Trinajstić information content (AvgIpc) is 2.72. The van der Waals surface area contributed by atoms with Crippen molar-refractivity contribution in [2.75, 3.05) is 17.2 Å². The molecule has 0 radical (unpaired) electrons. The molecule has 0 aromatic carbocycles. The molecule has 1 aliphatic heterocycles. The molecule has 96 valence electrons. The molecule has 0 saturated heterocycles. The van der Waals surface area contributed by atoms with Crippen molar-refractivity contribution in [3.8, 4) is 6.07 Å². The third-order valence-corrected chi connectivity index (χ3v) is 4.52. The number of nitrogen functional groups attached to an aromatic ring is 1. The SMILES string of the molecule is N#Cc1c(N)sc2c1CCN(c1ccnc(Cl)c1)C2. The van der Waals surface area contributed by atoms with E-state index in [0.29, 0.717) is 15.7 Å². The Bertz CT molecular complexity index is 674. The number of rotatable bonds is 1. The average molecular weight is 291 g/mol. The van der Waals surface area contributed by atoms with Crippen LogP contribution in [-0.2, 0) is 13.0 Å². The molecule has 2 aromatic heterocycles. The van der Waals surface area contributed by atoms with E-state index >= 15 is 0 Å². The molecule has 0 aliphatic carbocycles. The van der Waals surface area contributed by atoms with Crippen LogP contribution in [0.25, 0.3) is 0 Å². The third kappa shape index (κ3) is 2.14. The van der Waals surface area contributed by atoms with E-state index in [4.69, 9.17) is 22.6 Å². The Balaban J connectivity index is 1.93. The predicted molar refractivity (Wildman–Crippen MR) is 77.4 cm³/mol. The van der Waals surface area contributed by atoms with Crippen molar-refractivity contribution in [3.63, 3.8) is 0 Å². The summed E-state index contributed by atoms with van der Waals surface area (Å²) in [6.45, 7) is 1.63. The van der Waals surface area contributed by atoms with Crippen LogP contribution in [0.4, 0.5) is 10.7 Å². The predicted octanol–water partition coefficient (Wildman–Crippen LogP) is 2.81. The van der Waals surface area contributed by atoms with Crippen LogP contribution in [0, 0.1) is 11.3 Å². The van der Waals surface area contributed by atoms with Gasteiger partial charge in [0.25, 0.3) is 0 Å². The Hall–Kier alpha value is -1.77. The molecule has 19 heavy (non-hydrogen) atoms. The smallest absolute Gasteiger partial charge is 0.131 e. The quantitative estimate of drug-likeness (QED) is 0.820. The first-order valence-electron chi connectivity index (χ1n) is 5.85. The summed E-state index contributed by atoms with van der Waals surface area (Å²) in [6.07, 6.45) is 2.54. The molecular formula is C13H11ClN4S. The highest BCUT2D eigenvalue weighted by molar-refractivity contribution is 7.16. The van der Waals surface area contributed by atoms with Gasteiger partial charge in [0.15, 0.2) is 0 Å². The van der Waals surface area contributed by atoms with Gasteiger partial charge in [-0.05, 0) is 24.1 Å². The Labute approximate surface area is 120 Å². The fourth-order valence-electron chi connectivity index (χ4n) is 2.36. The van der Waals surface area contributed by atoms with Crippen molar-refractivity contribution in [3.05, 3.63) is 39.5 Å². The van der Waals surface area contributed by atoms with Crippen LogP contribution < -0.4 is 10.6 Å². The molecule has 2 aromatic rings. The van der Waals surface area contributed by atoms with Gasteiger partial charge in [0.2, 0.25) is 0 Å². The molecule has 0 unspecified atom stereocenters. The van der Waals surface area contributed by atoms with Gasteiger partial charge in [-0.15, -0.1) is 11.3 Å². The highest BCUT2D eigenvalue weighted by Crippen LogP contribution is 2.36. The maximum atomic E-state index is 9.12. The van der Waals surface area contributed by atoms with Gasteiger partial charge in [0.05, 0.1) is 12.1 Å². The number of hydrogen-bond donors (Lipinski definition) is 1. The zero-order valence-electron chi connectivity index (χ0n) is 10.1. The van der Waals surface area contributed by atoms with Gasteiger partial charge in [0, 0.05) is 23.3 Å². The maximum Gasteiger partial charge on any atom is 0.131 e. The number of thiophene rings is 1. The van der Waals surface area contributed by atoms with Crippen LogP contribution in [-0.4, -0.2) is 11.5 Å². The van der Waals surface area contributed by atoms with Crippen LogP contribution in [0.15, 0.2) is 18.3 Å². The van der Waals surface area contributed by atoms with Crippen molar-refractivity contribution in [2.45, 2.75) is 13.0 Å². The minimum atomic E-state index is 0.492. The number of aromatic nitrogens is 1. The fraction of sp³-hybridized carbons (Fsp3) is 0.231. The van der Waals surface area contributed by atoms with Crippen LogP contribution >= 0.6 is 22.9 Å². The van der Waals surface area contributed by atoms with E-state index in [1.54, 1.807) is 6.20 Å². The summed E-state index contributed by atoms with van der Waals surface area (Å²) in [6, 6.07) is 6.00. The number of nitrogens with two attached hydrogens (primary N) is 1. The lowest BCUT2D eigenvalue weighted by molar-refractivity contribution is 0.743. The Kier molecular flexibility index (Phi) is 3.05. The van der Waals surface area contributed by atoms with Crippen LogP contribution in [0.2, 0.25) is 5.15 Å². The first-order valence-corrected chi connectivity index (χ1v) is 7.05. The zero-order valence-corrected chi connectivity index (χ0v) is 11.6. The zero-order chi connectivity index (χ0) is 13.4. The second-order valence-electron chi connectivity index (χ2n) is 4.36. The molecule has 0 bridgehead atoms. The topological polar surface area (TPSA) is 65.9 Å². The van der Waals surface area contributed by atoms with Crippen molar-refractivity contribution < 1.29 is 0 Å². The number of pyridine rings is 1. The number of anilines is 2. The molecular weight excluding hydrogens is 280 g/mol. The number of fused-ring (bicyclic) bond motifs is 1. The number of nitrogens with zero attached hydrogens (tertiary/aromatic N) is 3. The van der Waals surface area contributed by atoms with E-state index in [1.165, 1.54) is 16.2 Å². The minimum Gasteiger partial charge on any atom is -0.389 e. The van der Waals surface area contributed by atoms with Crippen LogP contribution in [0.5, 0.6) is 0 Å². The van der Waals surface area contributed by atoms with Crippen LogP contribution in [0.1, 0.15) is 16.0 Å². The molecule has 3 heterocycles. The largest absolute Gasteiger partial charge is 0.389 e. The molecule has 6 heteroatoms. The van der Waals surface area contributed by atoms with Gasteiger partial charge in [-0.3, -0.25) is 0 Å². The first-order chi connectivity index (χ1) is 9.19. The van der Waals surface area contributed by atoms with E-state index < -0.39 is 0 Å². The molecule has 0 atom stereocenters. The summed E-state index contributed by atoms with van der Waals surface area (Å²) in [4.78, 5) is 7.39. The second kappa shape index (κ2) is 4.72. The van der Waals surface area contributed by atoms with Gasteiger partial charge >= 0.3 is 0 Å². The van der Waals surface area contributed by atoms with E-state index in [2.05, 4.69) is 16.0 Å². The maximum absolute atomic E-state index is 9.12. The van der Waals surface area contributed by atoms with Crippen molar-refractivity contribution in [1.82, 2.24) is 4.98 Å². The van der Waals surface area contributed by atoms with Gasteiger partial charge in [-0.2, -0.15) is 5.26 Å². The van der Waals surface area contributed by atoms with Crippen molar-refractivity contribution >= 4 is 33.6 Å². The van der Waals surface area contributed by atoms with Crippen molar-refractivity contribution in [2.24, 2.45) is 0 Å². The Morgan fingerprint density at radius 2 is 2.37 bits per heavy atom. The minimum absolute atomic E-state index is 0.492. The summed E-state index contributed by atoms with van der Waals surface area (Å²) in [5.74, 6) is 0. The summed E-state index contributed by atoms with van der Waals surface area (Å²) in [7, 11) is 0. The van der Waals surface area contributed by atoms with Crippen LogP contribution in [0.3, 0.4) is 0 Å². The summed E-state index contributed by atoms with van der Waals surface area (Å²) < 4.78 is 0. The fourth-order valence-corrected chi connectivity index (χ4v) is 3.61. The third-order valence-electron chi connectivity index (χ3n) is 3.27. The number of halogens is 1. The summed E-state index contributed by atoms with van der Waals surface area (Å²) >= 11 is 7.43. The second-order valence-corrected chi connectivity index (χ2v) is 5.89. The lowest BCUT2D eigenvalue weighted by Gasteiger charge is -2.28. The molecule has 1 aliphatic rings.